The van der Waals surface area contributed by atoms with Crippen LogP contribution in [-0.2, 0) is 7.05 Å². The highest BCUT2D eigenvalue weighted by Crippen LogP contribution is 2.35. The fourth-order valence-electron chi connectivity index (χ4n) is 2.16. The number of hydrogen-bond acceptors (Lipinski definition) is 3. The molecule has 0 radical (unpaired) electrons. The summed E-state index contributed by atoms with van der Waals surface area (Å²) in [5.41, 5.74) is 7.21. The molecule has 1 aliphatic heterocycles. The van der Waals surface area contributed by atoms with Gasteiger partial charge in [0.25, 0.3) is 5.92 Å². The molecule has 4 nitrogen and oxygen atoms in total. The predicted octanol–water partition coefficient (Wildman–Crippen LogP) is 1.61. The first-order valence-electron chi connectivity index (χ1n) is 5.31. The average molecular weight is 238 g/mol. The number of alkyl halides is 2. The van der Waals surface area contributed by atoms with Crippen LogP contribution in [0.4, 0.5) is 20.3 Å². The number of anilines is 2. The summed E-state index contributed by atoms with van der Waals surface area (Å²) >= 11 is 0. The minimum atomic E-state index is -2.59. The Morgan fingerprint density at radius 1 is 1.35 bits per heavy atom. The first kappa shape index (κ1) is 10.3. The number of hydrogen-bond donors (Lipinski definition) is 1. The predicted molar refractivity (Wildman–Crippen MR) is 62.3 cm³/mol. The van der Waals surface area contributed by atoms with E-state index in [1.807, 2.05) is 6.07 Å². The highest BCUT2D eigenvalue weighted by atomic mass is 19.3. The van der Waals surface area contributed by atoms with E-state index in [1.54, 1.807) is 28.8 Å². The van der Waals surface area contributed by atoms with Crippen LogP contribution in [0.1, 0.15) is 0 Å². The quantitative estimate of drug-likeness (QED) is 0.768. The van der Waals surface area contributed by atoms with Gasteiger partial charge in [0, 0.05) is 18.1 Å². The van der Waals surface area contributed by atoms with Crippen molar-refractivity contribution >= 4 is 22.4 Å². The Bertz CT molecular complexity index is 582. The van der Waals surface area contributed by atoms with Crippen LogP contribution in [0.2, 0.25) is 0 Å². The molecular weight excluding hydrogens is 226 g/mol. The summed E-state index contributed by atoms with van der Waals surface area (Å²) in [5, 5.41) is 5.09. The summed E-state index contributed by atoms with van der Waals surface area (Å²) in [6.07, 6.45) is 0. The summed E-state index contributed by atoms with van der Waals surface area (Å²) < 4.78 is 27.4. The van der Waals surface area contributed by atoms with Gasteiger partial charge in [-0.15, -0.1) is 0 Å². The van der Waals surface area contributed by atoms with E-state index < -0.39 is 5.92 Å². The molecule has 0 spiro atoms. The number of aromatic nitrogens is 2. The lowest BCUT2D eigenvalue weighted by Crippen LogP contribution is -2.56. The van der Waals surface area contributed by atoms with Gasteiger partial charge in [-0.25, -0.2) is 8.78 Å². The lowest BCUT2D eigenvalue weighted by molar-refractivity contribution is -0.0266. The zero-order chi connectivity index (χ0) is 12.2. The Morgan fingerprint density at radius 2 is 2.06 bits per heavy atom. The molecule has 2 aromatic rings. The Kier molecular flexibility index (Phi) is 1.87. The summed E-state index contributed by atoms with van der Waals surface area (Å²) in [6.45, 7) is -0.540. The number of rotatable bonds is 1. The van der Waals surface area contributed by atoms with Gasteiger partial charge in [-0.2, -0.15) is 5.10 Å². The molecule has 0 atom stereocenters. The van der Waals surface area contributed by atoms with Crippen LogP contribution >= 0.6 is 0 Å². The van der Waals surface area contributed by atoms with Gasteiger partial charge in [-0.3, -0.25) is 4.68 Å². The molecule has 1 aliphatic rings. The van der Waals surface area contributed by atoms with Crippen molar-refractivity contribution in [2.75, 3.05) is 23.7 Å². The molecule has 6 heteroatoms. The second-order valence-corrected chi connectivity index (χ2v) is 4.44. The van der Waals surface area contributed by atoms with Gasteiger partial charge < -0.3 is 10.6 Å². The van der Waals surface area contributed by atoms with Gasteiger partial charge in [0.1, 0.15) is 0 Å². The number of fused-ring (bicyclic) bond motifs is 1. The third-order valence-electron chi connectivity index (χ3n) is 3.00. The van der Waals surface area contributed by atoms with Crippen LogP contribution in [0.3, 0.4) is 0 Å². The lowest BCUT2D eigenvalue weighted by Gasteiger charge is -2.39. The van der Waals surface area contributed by atoms with E-state index in [9.17, 15) is 8.78 Å². The zero-order valence-electron chi connectivity index (χ0n) is 9.32. The maximum Gasteiger partial charge on any atom is 0.282 e. The number of nitrogens with two attached hydrogens (primary N) is 1. The molecule has 1 saturated heterocycles. The van der Waals surface area contributed by atoms with Crippen molar-refractivity contribution < 1.29 is 8.78 Å². The Morgan fingerprint density at radius 3 is 2.71 bits per heavy atom. The summed E-state index contributed by atoms with van der Waals surface area (Å²) in [6, 6.07) is 5.39. The van der Waals surface area contributed by atoms with E-state index in [4.69, 9.17) is 5.73 Å². The van der Waals surface area contributed by atoms with Crippen molar-refractivity contribution in [2.45, 2.75) is 5.92 Å². The van der Waals surface area contributed by atoms with Crippen LogP contribution in [0, 0.1) is 0 Å². The van der Waals surface area contributed by atoms with Crippen molar-refractivity contribution in [1.82, 2.24) is 9.78 Å². The van der Waals surface area contributed by atoms with Crippen LogP contribution < -0.4 is 10.6 Å². The van der Waals surface area contributed by atoms with Crippen LogP contribution in [0.5, 0.6) is 0 Å². The maximum atomic E-state index is 12.9. The topological polar surface area (TPSA) is 47.1 Å². The minimum absolute atomic E-state index is 0.270. The normalized spacial score (nSPS) is 18.4. The van der Waals surface area contributed by atoms with E-state index >= 15 is 0 Å². The van der Waals surface area contributed by atoms with E-state index in [1.165, 1.54) is 0 Å². The monoisotopic (exact) mass is 238 g/mol. The van der Waals surface area contributed by atoms with Crippen molar-refractivity contribution in [3.63, 3.8) is 0 Å². The molecule has 3 rings (SSSR count). The average Bonchev–Trinajstić information content (AvgIpc) is 2.52. The molecule has 2 N–H and O–H groups in total. The van der Waals surface area contributed by atoms with Crippen LogP contribution in [-0.4, -0.2) is 28.8 Å². The van der Waals surface area contributed by atoms with E-state index in [2.05, 4.69) is 5.10 Å². The molecule has 0 amide bonds. The summed E-state index contributed by atoms with van der Waals surface area (Å²) in [4.78, 5) is 1.57. The van der Waals surface area contributed by atoms with E-state index in [-0.39, 0.29) is 13.1 Å². The van der Waals surface area contributed by atoms with Crippen molar-refractivity contribution in [3.05, 3.63) is 18.2 Å². The Hall–Kier alpha value is -1.85. The van der Waals surface area contributed by atoms with Gasteiger partial charge in [0.2, 0.25) is 0 Å². The summed E-state index contributed by atoms with van der Waals surface area (Å²) in [5.74, 6) is -2.01. The second-order valence-electron chi connectivity index (χ2n) is 4.44. The van der Waals surface area contributed by atoms with Crippen molar-refractivity contribution in [1.29, 1.82) is 0 Å². The molecule has 90 valence electrons. The first-order valence-corrected chi connectivity index (χ1v) is 5.31. The smallest absolute Gasteiger partial charge is 0.282 e. The van der Waals surface area contributed by atoms with E-state index in [0.29, 0.717) is 11.5 Å². The highest BCUT2D eigenvalue weighted by molar-refractivity contribution is 5.93. The van der Waals surface area contributed by atoms with Gasteiger partial charge in [-0.05, 0) is 18.2 Å². The second kappa shape index (κ2) is 3.09. The Balaban J connectivity index is 2.08. The number of halogens is 2. The molecule has 2 heterocycles. The fourth-order valence-corrected chi connectivity index (χ4v) is 2.16. The van der Waals surface area contributed by atoms with Gasteiger partial charge >= 0.3 is 0 Å². The third kappa shape index (κ3) is 1.51. The summed E-state index contributed by atoms with van der Waals surface area (Å²) in [7, 11) is 1.79. The lowest BCUT2D eigenvalue weighted by atomic mass is 10.1. The molecule has 0 bridgehead atoms. The number of aryl methyl sites for hydroxylation is 1. The Labute approximate surface area is 96.6 Å². The van der Waals surface area contributed by atoms with E-state index in [0.717, 1.165) is 10.9 Å². The van der Waals surface area contributed by atoms with Crippen LogP contribution in [0.25, 0.3) is 10.9 Å². The molecule has 0 aliphatic carbocycles. The largest absolute Gasteiger partial charge is 0.399 e. The minimum Gasteiger partial charge on any atom is -0.399 e. The standard InChI is InChI=1S/C11H12F2N4/c1-16-9-3-2-7(14)4-8(9)10(15-16)17-5-11(12,13)6-17/h2-4H,5-6,14H2,1H3. The zero-order valence-corrected chi connectivity index (χ0v) is 9.32. The van der Waals surface area contributed by atoms with Gasteiger partial charge in [0.15, 0.2) is 5.82 Å². The molecule has 1 aromatic carbocycles. The SMILES string of the molecule is Cn1nc(N2CC(F)(F)C2)c2cc(N)ccc21. The number of nitrogens with zero attached hydrogens (tertiary/aromatic N) is 3. The van der Waals surface area contributed by atoms with Gasteiger partial charge in [0.05, 0.1) is 18.6 Å². The van der Waals surface area contributed by atoms with Crippen molar-refractivity contribution in [2.24, 2.45) is 7.05 Å². The third-order valence-corrected chi connectivity index (χ3v) is 3.00. The number of benzene rings is 1. The number of nitrogen functional groups attached to an aromatic ring is 1. The van der Waals surface area contributed by atoms with Crippen LogP contribution in [0.15, 0.2) is 18.2 Å². The van der Waals surface area contributed by atoms with Crippen molar-refractivity contribution in [3.8, 4) is 0 Å². The highest BCUT2D eigenvalue weighted by Gasteiger charge is 2.45. The molecule has 1 fully saturated rings. The molecular formula is C11H12F2N4. The molecule has 0 unspecified atom stereocenters. The molecule has 17 heavy (non-hydrogen) atoms. The molecule has 1 aromatic heterocycles. The van der Waals surface area contributed by atoms with Gasteiger partial charge in [-0.1, -0.05) is 0 Å². The maximum absolute atomic E-state index is 12.9. The first-order chi connectivity index (χ1) is 7.96. The fraction of sp³-hybridized carbons (Fsp3) is 0.364. The molecule has 0 saturated carbocycles.